The van der Waals surface area contributed by atoms with Gasteiger partial charge in [-0.3, -0.25) is 9.59 Å². The topological polar surface area (TPSA) is 67.9 Å². The highest BCUT2D eigenvalue weighted by Gasteiger charge is 2.50. The van der Waals surface area contributed by atoms with Crippen molar-refractivity contribution in [2.24, 2.45) is 5.92 Å². The van der Waals surface area contributed by atoms with Crippen LogP contribution >= 0.6 is 0 Å². The van der Waals surface area contributed by atoms with Gasteiger partial charge in [0.25, 0.3) is 0 Å². The number of fused-ring (bicyclic) bond motifs is 2. The van der Waals surface area contributed by atoms with E-state index in [-0.39, 0.29) is 17.7 Å². The Hall–Kier alpha value is -3.02. The molecule has 1 saturated heterocycles. The zero-order valence-electron chi connectivity index (χ0n) is 17.1. The van der Waals surface area contributed by atoms with E-state index in [1.54, 1.807) is 7.11 Å². The van der Waals surface area contributed by atoms with Gasteiger partial charge in [-0.2, -0.15) is 0 Å². The number of likely N-dealkylation sites (tertiary alicyclic amines) is 1. The largest absolute Gasteiger partial charge is 0.493 e. The lowest BCUT2D eigenvalue weighted by molar-refractivity contribution is -0.141. The molecule has 6 nitrogen and oxygen atoms in total. The number of anilines is 1. The van der Waals surface area contributed by atoms with Gasteiger partial charge < -0.3 is 19.7 Å². The van der Waals surface area contributed by atoms with E-state index in [0.717, 1.165) is 30.5 Å². The molecule has 1 saturated carbocycles. The Labute approximate surface area is 176 Å². The Balaban J connectivity index is 1.41. The minimum Gasteiger partial charge on any atom is -0.493 e. The molecule has 156 valence electrons. The number of carbonyl (C=O) groups is 2. The molecule has 2 aromatic rings. The van der Waals surface area contributed by atoms with Crippen LogP contribution in [0.5, 0.6) is 17.2 Å². The zero-order chi connectivity index (χ0) is 20.7. The first kappa shape index (κ1) is 19.0. The second-order valence-electron chi connectivity index (χ2n) is 8.45. The van der Waals surface area contributed by atoms with E-state index in [0.29, 0.717) is 43.2 Å². The van der Waals surface area contributed by atoms with Crippen molar-refractivity contribution in [2.75, 3.05) is 25.5 Å². The van der Waals surface area contributed by atoms with Gasteiger partial charge in [-0.25, -0.2) is 0 Å². The molecule has 1 N–H and O–H groups in total. The highest BCUT2D eigenvalue weighted by Crippen LogP contribution is 2.49. The molecule has 0 radical (unpaired) electrons. The summed E-state index contributed by atoms with van der Waals surface area (Å²) >= 11 is 0. The van der Waals surface area contributed by atoms with Crippen LogP contribution < -0.4 is 14.8 Å². The minimum atomic E-state index is -0.607. The fourth-order valence-electron chi connectivity index (χ4n) is 4.80. The molecule has 3 aliphatic rings. The summed E-state index contributed by atoms with van der Waals surface area (Å²) in [5.41, 5.74) is 1.11. The van der Waals surface area contributed by atoms with Crippen LogP contribution in [0.1, 0.15) is 37.7 Å². The quantitative estimate of drug-likeness (QED) is 0.830. The van der Waals surface area contributed by atoms with E-state index >= 15 is 0 Å². The third-order valence-electron chi connectivity index (χ3n) is 6.86. The monoisotopic (exact) mass is 406 g/mol. The van der Waals surface area contributed by atoms with Crippen molar-refractivity contribution in [3.63, 3.8) is 0 Å². The molecule has 0 atom stereocenters. The third-order valence-corrected chi connectivity index (χ3v) is 6.86. The van der Waals surface area contributed by atoms with Crippen molar-refractivity contribution in [1.82, 2.24) is 4.90 Å². The number of piperidine rings is 1. The summed E-state index contributed by atoms with van der Waals surface area (Å²) in [5, 5.41) is 3.05. The van der Waals surface area contributed by atoms with Crippen molar-refractivity contribution >= 4 is 17.5 Å². The number of para-hydroxylation sites is 1. The molecule has 2 aromatic carbocycles. The average molecular weight is 406 g/mol. The van der Waals surface area contributed by atoms with E-state index in [1.807, 2.05) is 47.4 Å². The molecule has 0 bridgehead atoms. The lowest BCUT2D eigenvalue weighted by atomic mass is 9.73. The maximum absolute atomic E-state index is 13.1. The predicted molar refractivity (Wildman–Crippen MR) is 113 cm³/mol. The number of nitrogens with one attached hydrogen (secondary N) is 1. The highest BCUT2D eigenvalue weighted by molar-refractivity contribution is 6.07. The first-order valence-corrected chi connectivity index (χ1v) is 10.7. The predicted octanol–water partition coefficient (Wildman–Crippen LogP) is 4.10. The van der Waals surface area contributed by atoms with Crippen LogP contribution in [-0.2, 0) is 15.0 Å². The van der Waals surface area contributed by atoms with Crippen LogP contribution in [-0.4, -0.2) is 36.9 Å². The van der Waals surface area contributed by atoms with E-state index in [2.05, 4.69) is 5.32 Å². The Morgan fingerprint density at radius 2 is 1.83 bits per heavy atom. The van der Waals surface area contributed by atoms with Crippen LogP contribution in [0.25, 0.3) is 0 Å². The summed E-state index contributed by atoms with van der Waals surface area (Å²) in [5.74, 6) is 2.34. The van der Waals surface area contributed by atoms with Crippen molar-refractivity contribution in [1.29, 1.82) is 0 Å². The Morgan fingerprint density at radius 1 is 1.10 bits per heavy atom. The summed E-state index contributed by atoms with van der Waals surface area (Å²) in [7, 11) is 1.61. The molecule has 2 fully saturated rings. The SMILES string of the molecule is COc1cc2c(cc1Oc1ccccc1)NC(=O)C21CCN(C(=O)C2CCC2)CC1. The summed E-state index contributed by atoms with van der Waals surface area (Å²) in [6, 6.07) is 13.3. The maximum Gasteiger partial charge on any atom is 0.235 e. The van der Waals surface area contributed by atoms with Gasteiger partial charge in [0.2, 0.25) is 11.8 Å². The first-order valence-electron chi connectivity index (χ1n) is 10.7. The van der Waals surface area contributed by atoms with Gasteiger partial charge in [0.1, 0.15) is 5.75 Å². The number of hydrogen-bond donors (Lipinski definition) is 1. The van der Waals surface area contributed by atoms with E-state index in [9.17, 15) is 9.59 Å². The van der Waals surface area contributed by atoms with Gasteiger partial charge in [0.15, 0.2) is 11.5 Å². The third kappa shape index (κ3) is 3.02. The number of carbonyl (C=O) groups excluding carboxylic acids is 2. The number of hydrogen-bond acceptors (Lipinski definition) is 4. The first-order chi connectivity index (χ1) is 14.6. The van der Waals surface area contributed by atoms with Crippen LogP contribution in [0.2, 0.25) is 0 Å². The molecule has 0 aromatic heterocycles. The van der Waals surface area contributed by atoms with Gasteiger partial charge in [-0.05, 0) is 49.4 Å². The minimum absolute atomic E-state index is 0.00663. The molecular formula is C24H26N2O4. The van der Waals surface area contributed by atoms with E-state index in [1.165, 1.54) is 0 Å². The second-order valence-corrected chi connectivity index (χ2v) is 8.45. The molecule has 0 unspecified atom stereocenters. The normalized spacial score (nSPS) is 19.8. The molecule has 2 heterocycles. The summed E-state index contributed by atoms with van der Waals surface area (Å²) in [6.45, 7) is 1.24. The second kappa shape index (κ2) is 7.35. The molecule has 2 amide bonds. The molecule has 2 aliphatic heterocycles. The van der Waals surface area contributed by atoms with Gasteiger partial charge in [-0.15, -0.1) is 0 Å². The molecule has 30 heavy (non-hydrogen) atoms. The van der Waals surface area contributed by atoms with Gasteiger partial charge >= 0.3 is 0 Å². The number of nitrogens with zero attached hydrogens (tertiary/aromatic N) is 1. The van der Waals surface area contributed by atoms with Crippen molar-refractivity contribution in [3.8, 4) is 17.2 Å². The number of benzene rings is 2. The van der Waals surface area contributed by atoms with E-state index < -0.39 is 5.41 Å². The van der Waals surface area contributed by atoms with Crippen LogP contribution in [0.4, 0.5) is 5.69 Å². The highest BCUT2D eigenvalue weighted by atomic mass is 16.5. The molecule has 1 spiro atoms. The summed E-state index contributed by atoms with van der Waals surface area (Å²) in [6.07, 6.45) is 4.42. The Kier molecular flexibility index (Phi) is 4.65. The standard InChI is InChI=1S/C24H26N2O4/c1-29-20-14-18-19(15-21(20)30-17-8-3-2-4-9-17)25-23(28)24(18)10-12-26(13-11-24)22(27)16-6-5-7-16/h2-4,8-9,14-16H,5-7,10-13H2,1H3,(H,25,28). The molecule has 1 aliphatic carbocycles. The smallest absolute Gasteiger partial charge is 0.235 e. The molecule has 5 rings (SSSR count). The number of rotatable bonds is 4. The lowest BCUT2D eigenvalue weighted by Gasteiger charge is -2.40. The Morgan fingerprint density at radius 3 is 2.47 bits per heavy atom. The summed E-state index contributed by atoms with van der Waals surface area (Å²) < 4.78 is 11.6. The number of amides is 2. The van der Waals surface area contributed by atoms with E-state index in [4.69, 9.17) is 9.47 Å². The molecular weight excluding hydrogens is 380 g/mol. The van der Waals surface area contributed by atoms with Crippen molar-refractivity contribution in [2.45, 2.75) is 37.5 Å². The van der Waals surface area contributed by atoms with Crippen molar-refractivity contribution < 1.29 is 19.1 Å². The number of methoxy groups -OCH3 is 1. The molecule has 6 heteroatoms. The number of ether oxygens (including phenoxy) is 2. The summed E-state index contributed by atoms with van der Waals surface area (Å²) in [4.78, 5) is 27.6. The van der Waals surface area contributed by atoms with Gasteiger partial charge in [-0.1, -0.05) is 24.6 Å². The van der Waals surface area contributed by atoms with Crippen LogP contribution in [0.15, 0.2) is 42.5 Å². The zero-order valence-corrected chi connectivity index (χ0v) is 17.1. The Bertz CT molecular complexity index is 976. The van der Waals surface area contributed by atoms with Crippen LogP contribution in [0, 0.1) is 5.92 Å². The van der Waals surface area contributed by atoms with Crippen LogP contribution in [0.3, 0.4) is 0 Å². The average Bonchev–Trinajstić information content (AvgIpc) is 2.98. The fraction of sp³-hybridized carbons (Fsp3) is 0.417. The van der Waals surface area contributed by atoms with Gasteiger partial charge in [0.05, 0.1) is 12.5 Å². The van der Waals surface area contributed by atoms with Crippen molar-refractivity contribution in [3.05, 3.63) is 48.0 Å². The lowest BCUT2D eigenvalue weighted by Crippen LogP contribution is -2.50. The fourth-order valence-corrected chi connectivity index (χ4v) is 4.80. The maximum atomic E-state index is 13.1. The van der Waals surface area contributed by atoms with Gasteiger partial charge in [0, 0.05) is 30.8 Å².